The summed E-state index contributed by atoms with van der Waals surface area (Å²) in [7, 11) is 1.59. The third kappa shape index (κ3) is 11.0. The molecule has 92 valence electrons. The average Bonchev–Trinajstić information content (AvgIpc) is 2.18. The van der Waals surface area contributed by atoms with Gasteiger partial charge in [0.15, 0.2) is 0 Å². The zero-order valence-corrected chi connectivity index (χ0v) is 10.6. The maximum absolute atomic E-state index is 11.2. The summed E-state index contributed by atoms with van der Waals surface area (Å²) in [6.45, 7) is 7.42. The molecular formula is C12H21NO3. The lowest BCUT2D eigenvalue weighted by Gasteiger charge is -2.07. The highest BCUT2D eigenvalue weighted by Gasteiger charge is 2.03. The highest BCUT2D eigenvalue weighted by Crippen LogP contribution is 2.09. The van der Waals surface area contributed by atoms with E-state index in [2.05, 4.69) is 17.2 Å². The van der Waals surface area contributed by atoms with Gasteiger partial charge in [-0.15, -0.1) is 0 Å². The smallest absolute Gasteiger partial charge is 0.246 e. The minimum Gasteiger partial charge on any atom is -0.382 e. The molecule has 0 aliphatic carbocycles. The van der Waals surface area contributed by atoms with E-state index in [0.717, 1.165) is 0 Å². The molecule has 0 aromatic heterocycles. The van der Waals surface area contributed by atoms with Gasteiger partial charge >= 0.3 is 0 Å². The van der Waals surface area contributed by atoms with Crippen molar-refractivity contribution in [3.05, 3.63) is 0 Å². The first-order chi connectivity index (χ1) is 7.45. The second kappa shape index (κ2) is 8.14. The molecule has 4 heteroatoms. The summed E-state index contributed by atoms with van der Waals surface area (Å²) in [5.41, 5.74) is -0.0281. The molecule has 0 atom stereocenters. The van der Waals surface area contributed by atoms with Gasteiger partial charge in [-0.25, -0.2) is 0 Å². The highest BCUT2D eigenvalue weighted by molar-refractivity contribution is 5.77. The SMILES string of the molecule is COCCOCC(=O)NCC#CC(C)(C)C. The fourth-order valence-corrected chi connectivity index (χ4v) is 0.810. The van der Waals surface area contributed by atoms with Gasteiger partial charge < -0.3 is 14.8 Å². The van der Waals surface area contributed by atoms with E-state index in [1.165, 1.54) is 0 Å². The van der Waals surface area contributed by atoms with Gasteiger partial charge in [0.1, 0.15) is 6.61 Å². The van der Waals surface area contributed by atoms with E-state index in [1.807, 2.05) is 20.8 Å². The number of amides is 1. The van der Waals surface area contributed by atoms with Crippen LogP contribution >= 0.6 is 0 Å². The maximum atomic E-state index is 11.2. The Hall–Kier alpha value is -1.05. The van der Waals surface area contributed by atoms with E-state index in [9.17, 15) is 4.79 Å². The van der Waals surface area contributed by atoms with Crippen LogP contribution in [0.5, 0.6) is 0 Å². The standard InChI is InChI=1S/C12H21NO3/c1-12(2,3)6-5-7-13-11(14)10-16-9-8-15-4/h7-10H2,1-4H3,(H,13,14). The van der Waals surface area contributed by atoms with Gasteiger partial charge in [-0.05, 0) is 20.8 Å². The van der Waals surface area contributed by atoms with Crippen LogP contribution in [-0.4, -0.2) is 39.4 Å². The van der Waals surface area contributed by atoms with Crippen molar-refractivity contribution in [3.63, 3.8) is 0 Å². The topological polar surface area (TPSA) is 47.6 Å². The van der Waals surface area contributed by atoms with Crippen molar-refractivity contribution in [1.82, 2.24) is 5.32 Å². The van der Waals surface area contributed by atoms with Crippen molar-refractivity contribution in [3.8, 4) is 11.8 Å². The molecule has 16 heavy (non-hydrogen) atoms. The Morgan fingerprint density at radius 1 is 1.31 bits per heavy atom. The maximum Gasteiger partial charge on any atom is 0.246 e. The molecular weight excluding hydrogens is 206 g/mol. The Balaban J connectivity index is 3.54. The summed E-state index contributed by atoms with van der Waals surface area (Å²) in [5.74, 6) is 5.77. The first-order valence-electron chi connectivity index (χ1n) is 5.29. The first kappa shape index (κ1) is 14.9. The fourth-order valence-electron chi connectivity index (χ4n) is 0.810. The van der Waals surface area contributed by atoms with Gasteiger partial charge in [0.05, 0.1) is 19.8 Å². The molecule has 0 saturated carbocycles. The van der Waals surface area contributed by atoms with E-state index in [4.69, 9.17) is 9.47 Å². The quantitative estimate of drug-likeness (QED) is 0.540. The predicted octanol–water partition coefficient (Wildman–Crippen LogP) is 0.815. The number of carbonyl (C=O) groups is 1. The number of ether oxygens (including phenoxy) is 2. The second-order valence-electron chi connectivity index (χ2n) is 4.37. The number of hydrogen-bond acceptors (Lipinski definition) is 3. The fraction of sp³-hybridized carbons (Fsp3) is 0.750. The first-order valence-corrected chi connectivity index (χ1v) is 5.29. The van der Waals surface area contributed by atoms with Crippen LogP contribution in [0.1, 0.15) is 20.8 Å². The summed E-state index contributed by atoms with van der Waals surface area (Å²) in [6.07, 6.45) is 0. The second-order valence-corrected chi connectivity index (χ2v) is 4.37. The monoisotopic (exact) mass is 227 g/mol. The third-order valence-electron chi connectivity index (χ3n) is 1.50. The summed E-state index contributed by atoms with van der Waals surface area (Å²) in [5, 5.41) is 2.65. The molecule has 0 saturated heterocycles. The molecule has 4 nitrogen and oxygen atoms in total. The zero-order valence-electron chi connectivity index (χ0n) is 10.6. The van der Waals surface area contributed by atoms with Crippen molar-refractivity contribution >= 4 is 5.91 Å². The number of rotatable bonds is 6. The zero-order chi connectivity index (χ0) is 12.4. The minimum atomic E-state index is -0.153. The van der Waals surface area contributed by atoms with Gasteiger partial charge in [0.2, 0.25) is 5.91 Å². The summed E-state index contributed by atoms with van der Waals surface area (Å²) < 4.78 is 9.83. The van der Waals surface area contributed by atoms with E-state index >= 15 is 0 Å². The van der Waals surface area contributed by atoms with Crippen LogP contribution in [0.25, 0.3) is 0 Å². The molecule has 1 amide bonds. The Morgan fingerprint density at radius 2 is 2.00 bits per heavy atom. The number of methoxy groups -OCH3 is 1. The number of carbonyl (C=O) groups excluding carboxylic acids is 1. The molecule has 0 rings (SSSR count). The number of hydrogen-bond donors (Lipinski definition) is 1. The summed E-state index contributed by atoms with van der Waals surface area (Å²) >= 11 is 0. The van der Waals surface area contributed by atoms with Gasteiger partial charge in [0, 0.05) is 12.5 Å². The Kier molecular flexibility index (Phi) is 7.61. The predicted molar refractivity (Wildman–Crippen MR) is 62.9 cm³/mol. The van der Waals surface area contributed by atoms with Gasteiger partial charge in [-0.2, -0.15) is 0 Å². The van der Waals surface area contributed by atoms with Crippen LogP contribution < -0.4 is 5.32 Å². The number of nitrogens with one attached hydrogen (secondary N) is 1. The lowest BCUT2D eigenvalue weighted by atomic mass is 9.98. The van der Waals surface area contributed by atoms with Crippen LogP contribution in [0, 0.1) is 17.3 Å². The molecule has 0 fully saturated rings. The van der Waals surface area contributed by atoms with Crippen molar-refractivity contribution in [2.45, 2.75) is 20.8 Å². The van der Waals surface area contributed by atoms with E-state index in [0.29, 0.717) is 19.8 Å². The van der Waals surface area contributed by atoms with Crippen molar-refractivity contribution < 1.29 is 14.3 Å². The van der Waals surface area contributed by atoms with Gasteiger partial charge in [-0.1, -0.05) is 11.8 Å². The largest absolute Gasteiger partial charge is 0.382 e. The molecule has 0 unspecified atom stereocenters. The Morgan fingerprint density at radius 3 is 2.56 bits per heavy atom. The van der Waals surface area contributed by atoms with Crippen molar-refractivity contribution in [2.75, 3.05) is 33.5 Å². The van der Waals surface area contributed by atoms with Gasteiger partial charge in [0.25, 0.3) is 0 Å². The van der Waals surface area contributed by atoms with Crippen LogP contribution in [0.4, 0.5) is 0 Å². The van der Waals surface area contributed by atoms with Crippen LogP contribution in [0.2, 0.25) is 0 Å². The summed E-state index contributed by atoms with van der Waals surface area (Å²) in [4.78, 5) is 11.2. The van der Waals surface area contributed by atoms with E-state index < -0.39 is 0 Å². The van der Waals surface area contributed by atoms with Crippen molar-refractivity contribution in [2.24, 2.45) is 5.41 Å². The normalized spacial score (nSPS) is 10.5. The molecule has 0 aliphatic heterocycles. The summed E-state index contributed by atoms with van der Waals surface area (Å²) in [6, 6.07) is 0. The Labute approximate surface area is 97.7 Å². The molecule has 0 radical (unpaired) electrons. The highest BCUT2D eigenvalue weighted by atomic mass is 16.5. The van der Waals surface area contributed by atoms with Crippen LogP contribution in [-0.2, 0) is 14.3 Å². The minimum absolute atomic E-state index is 0.0281. The average molecular weight is 227 g/mol. The lowest BCUT2D eigenvalue weighted by Crippen LogP contribution is -2.28. The molecule has 0 bridgehead atoms. The molecule has 0 aromatic rings. The van der Waals surface area contributed by atoms with E-state index in [1.54, 1.807) is 7.11 Å². The molecule has 0 heterocycles. The Bertz CT molecular complexity index is 258. The van der Waals surface area contributed by atoms with Crippen LogP contribution in [0.15, 0.2) is 0 Å². The molecule has 1 N–H and O–H groups in total. The lowest BCUT2D eigenvalue weighted by molar-refractivity contribution is -0.125. The van der Waals surface area contributed by atoms with Gasteiger partial charge in [-0.3, -0.25) is 4.79 Å². The molecule has 0 aromatic carbocycles. The molecule has 0 aliphatic rings. The molecule has 0 spiro atoms. The van der Waals surface area contributed by atoms with Crippen LogP contribution in [0.3, 0.4) is 0 Å². The van der Waals surface area contributed by atoms with E-state index in [-0.39, 0.29) is 17.9 Å². The third-order valence-corrected chi connectivity index (χ3v) is 1.50. The van der Waals surface area contributed by atoms with Crippen molar-refractivity contribution in [1.29, 1.82) is 0 Å².